The number of hydrogen-bond acceptors (Lipinski definition) is 7. The van der Waals surface area contributed by atoms with Crippen LogP contribution in [0.25, 0.3) is 0 Å². The maximum atomic E-state index is 13.8. The average molecular weight is 539 g/mol. The lowest BCUT2D eigenvalue weighted by Gasteiger charge is -2.30. The van der Waals surface area contributed by atoms with Crippen molar-refractivity contribution in [1.29, 1.82) is 0 Å². The van der Waals surface area contributed by atoms with Crippen molar-refractivity contribution in [3.8, 4) is 11.5 Å². The predicted molar refractivity (Wildman–Crippen MR) is 140 cm³/mol. The van der Waals surface area contributed by atoms with E-state index in [-0.39, 0.29) is 22.9 Å². The summed E-state index contributed by atoms with van der Waals surface area (Å²) in [6.45, 7) is 2.75. The third kappa shape index (κ3) is 6.58. The van der Waals surface area contributed by atoms with Crippen LogP contribution in [0.15, 0.2) is 77.7 Å². The molecule has 0 bridgehead atoms. The summed E-state index contributed by atoms with van der Waals surface area (Å²) in [6, 6.07) is 20.2. The van der Waals surface area contributed by atoms with Crippen molar-refractivity contribution in [2.75, 3.05) is 40.0 Å². The van der Waals surface area contributed by atoms with Crippen LogP contribution in [0.5, 0.6) is 11.5 Å². The molecule has 3 aromatic rings. The van der Waals surface area contributed by atoms with E-state index >= 15 is 0 Å². The van der Waals surface area contributed by atoms with Gasteiger partial charge in [0.1, 0.15) is 11.5 Å². The van der Waals surface area contributed by atoms with Crippen molar-refractivity contribution in [2.24, 2.45) is 0 Å². The minimum atomic E-state index is -4.11. The van der Waals surface area contributed by atoms with Crippen molar-refractivity contribution in [1.82, 2.24) is 9.21 Å². The number of carbonyl (C=O) groups is 2. The Morgan fingerprint density at radius 1 is 0.947 bits per heavy atom. The Morgan fingerprint density at radius 2 is 1.63 bits per heavy atom. The minimum absolute atomic E-state index is 0.0502. The van der Waals surface area contributed by atoms with E-state index in [9.17, 15) is 18.0 Å². The SMILES string of the molecule is COC(=O)c1ccc(Oc2ccccc2)cc1CN(CC(=O)N1CCOCC1)S(=O)(=O)c1ccc(C)cc1. The molecule has 10 heteroatoms. The van der Waals surface area contributed by atoms with E-state index < -0.39 is 22.5 Å². The molecule has 0 aliphatic carbocycles. The van der Waals surface area contributed by atoms with Crippen LogP contribution in [0.3, 0.4) is 0 Å². The number of para-hydroxylation sites is 1. The molecule has 1 saturated heterocycles. The second-order valence-electron chi connectivity index (χ2n) is 8.80. The number of benzene rings is 3. The quantitative estimate of drug-likeness (QED) is 0.384. The zero-order valence-electron chi connectivity index (χ0n) is 21.3. The highest BCUT2D eigenvalue weighted by molar-refractivity contribution is 7.89. The van der Waals surface area contributed by atoms with Crippen molar-refractivity contribution in [3.05, 3.63) is 89.5 Å². The molecule has 0 aromatic heterocycles. The fourth-order valence-corrected chi connectivity index (χ4v) is 5.40. The van der Waals surface area contributed by atoms with Crippen molar-refractivity contribution >= 4 is 21.9 Å². The van der Waals surface area contributed by atoms with Gasteiger partial charge in [0, 0.05) is 19.6 Å². The van der Waals surface area contributed by atoms with Crippen LogP contribution in [-0.4, -0.2) is 69.5 Å². The number of aryl methyl sites for hydroxylation is 1. The standard InChI is InChI=1S/C28H30N2O7S/c1-21-8-11-25(12-9-21)38(33,34)30(20-27(31)29-14-16-36-17-15-29)19-22-18-24(10-13-26(22)28(32)35-2)37-23-6-4-3-5-7-23/h3-13,18H,14-17,19-20H2,1-2H3. The maximum Gasteiger partial charge on any atom is 0.338 e. The lowest BCUT2D eigenvalue weighted by molar-refractivity contribution is -0.135. The Bertz CT molecular complexity index is 1370. The summed E-state index contributed by atoms with van der Waals surface area (Å²) >= 11 is 0. The zero-order valence-corrected chi connectivity index (χ0v) is 22.1. The van der Waals surface area contributed by atoms with Gasteiger partial charge in [0.15, 0.2) is 0 Å². The first-order chi connectivity index (χ1) is 18.3. The first-order valence-corrected chi connectivity index (χ1v) is 13.6. The van der Waals surface area contributed by atoms with E-state index in [1.165, 1.54) is 25.3 Å². The lowest BCUT2D eigenvalue weighted by atomic mass is 10.1. The molecule has 3 aromatic carbocycles. The van der Waals surface area contributed by atoms with Crippen molar-refractivity contribution < 1.29 is 32.2 Å². The Labute approximate surface area is 222 Å². The van der Waals surface area contributed by atoms with Crippen molar-refractivity contribution in [3.63, 3.8) is 0 Å². The number of ether oxygens (including phenoxy) is 3. The van der Waals surface area contributed by atoms with Gasteiger partial charge in [-0.2, -0.15) is 4.31 Å². The van der Waals surface area contributed by atoms with Gasteiger partial charge < -0.3 is 19.1 Å². The third-order valence-electron chi connectivity index (χ3n) is 6.14. The van der Waals surface area contributed by atoms with Crippen LogP contribution < -0.4 is 4.74 Å². The smallest absolute Gasteiger partial charge is 0.338 e. The van der Waals surface area contributed by atoms with E-state index in [2.05, 4.69) is 0 Å². The van der Waals surface area contributed by atoms with Gasteiger partial charge in [-0.15, -0.1) is 0 Å². The minimum Gasteiger partial charge on any atom is -0.465 e. The summed E-state index contributed by atoms with van der Waals surface area (Å²) in [4.78, 5) is 27.4. The van der Waals surface area contributed by atoms with E-state index in [1.807, 2.05) is 25.1 Å². The molecule has 0 spiro atoms. The molecule has 1 aliphatic heterocycles. The number of amides is 1. The summed E-state index contributed by atoms with van der Waals surface area (Å²) in [5, 5.41) is 0. The Morgan fingerprint density at radius 3 is 2.29 bits per heavy atom. The summed E-state index contributed by atoms with van der Waals surface area (Å²) in [7, 11) is -2.86. The summed E-state index contributed by atoms with van der Waals surface area (Å²) in [5.74, 6) is 0.0145. The Balaban J connectivity index is 1.71. The third-order valence-corrected chi connectivity index (χ3v) is 7.95. The van der Waals surface area contributed by atoms with Crippen LogP contribution in [-0.2, 0) is 30.8 Å². The van der Waals surface area contributed by atoms with Crippen LogP contribution in [0, 0.1) is 6.92 Å². The molecule has 1 aliphatic rings. The molecule has 0 N–H and O–H groups in total. The molecular weight excluding hydrogens is 508 g/mol. The highest BCUT2D eigenvalue weighted by Gasteiger charge is 2.31. The van der Waals surface area contributed by atoms with Gasteiger partial charge in [-0.3, -0.25) is 4.79 Å². The first-order valence-electron chi connectivity index (χ1n) is 12.1. The van der Waals surface area contributed by atoms with Crippen LogP contribution in [0.4, 0.5) is 0 Å². The Hall–Kier alpha value is -3.73. The molecule has 0 unspecified atom stereocenters. The highest BCUT2D eigenvalue weighted by Crippen LogP contribution is 2.27. The fourth-order valence-electron chi connectivity index (χ4n) is 4.04. The largest absolute Gasteiger partial charge is 0.465 e. The fraction of sp³-hybridized carbons (Fsp3) is 0.286. The topological polar surface area (TPSA) is 102 Å². The number of carbonyl (C=O) groups excluding carboxylic acids is 2. The molecule has 0 atom stereocenters. The summed E-state index contributed by atoms with van der Waals surface area (Å²) in [5.41, 5.74) is 1.42. The van der Waals surface area contributed by atoms with Crippen LogP contribution in [0.1, 0.15) is 21.5 Å². The number of morpholine rings is 1. The highest BCUT2D eigenvalue weighted by atomic mass is 32.2. The molecule has 1 amide bonds. The van der Waals surface area contributed by atoms with Gasteiger partial charge in [0.2, 0.25) is 15.9 Å². The number of hydrogen-bond donors (Lipinski definition) is 0. The van der Waals surface area contributed by atoms with Crippen molar-refractivity contribution in [2.45, 2.75) is 18.4 Å². The normalized spacial score (nSPS) is 13.8. The number of nitrogens with zero attached hydrogens (tertiary/aromatic N) is 2. The van der Waals surface area contributed by atoms with Crippen LogP contribution >= 0.6 is 0 Å². The second kappa shape index (κ2) is 12.2. The number of rotatable bonds is 9. The van der Waals surface area contributed by atoms with E-state index in [0.29, 0.717) is 43.4 Å². The molecule has 1 fully saturated rings. The molecule has 38 heavy (non-hydrogen) atoms. The predicted octanol–water partition coefficient (Wildman–Crippen LogP) is 3.62. The molecule has 200 valence electrons. The summed E-state index contributed by atoms with van der Waals surface area (Å²) < 4.78 is 44.8. The monoisotopic (exact) mass is 538 g/mol. The number of esters is 1. The van der Waals surface area contributed by atoms with Gasteiger partial charge in [-0.25, -0.2) is 13.2 Å². The molecule has 4 rings (SSSR count). The van der Waals surface area contributed by atoms with E-state index in [4.69, 9.17) is 14.2 Å². The molecule has 9 nitrogen and oxygen atoms in total. The molecular formula is C28H30N2O7S. The van der Waals surface area contributed by atoms with Gasteiger partial charge in [0.05, 0.1) is 37.3 Å². The van der Waals surface area contributed by atoms with Gasteiger partial charge in [0.25, 0.3) is 0 Å². The molecule has 0 radical (unpaired) electrons. The first kappa shape index (κ1) is 27.3. The summed E-state index contributed by atoms with van der Waals surface area (Å²) in [6.07, 6.45) is 0. The molecule has 0 saturated carbocycles. The van der Waals surface area contributed by atoms with Gasteiger partial charge >= 0.3 is 5.97 Å². The van der Waals surface area contributed by atoms with Gasteiger partial charge in [-0.05, 0) is 55.0 Å². The zero-order chi connectivity index (χ0) is 27.1. The maximum absolute atomic E-state index is 13.8. The number of methoxy groups -OCH3 is 1. The molecule has 1 heterocycles. The van der Waals surface area contributed by atoms with Crippen LogP contribution in [0.2, 0.25) is 0 Å². The average Bonchev–Trinajstić information content (AvgIpc) is 2.93. The number of sulfonamides is 1. The van der Waals surface area contributed by atoms with Gasteiger partial charge in [-0.1, -0.05) is 35.9 Å². The van der Waals surface area contributed by atoms with E-state index in [0.717, 1.165) is 9.87 Å². The lowest BCUT2D eigenvalue weighted by Crippen LogP contribution is -2.47. The second-order valence-corrected chi connectivity index (χ2v) is 10.7. The van der Waals surface area contributed by atoms with E-state index in [1.54, 1.807) is 41.3 Å². The Kier molecular flexibility index (Phi) is 8.77.